The second kappa shape index (κ2) is 6.01. The summed E-state index contributed by atoms with van der Waals surface area (Å²) in [6.45, 7) is 10.0. The van der Waals surface area contributed by atoms with Crippen molar-refractivity contribution >= 4 is 24.0 Å². The van der Waals surface area contributed by atoms with Gasteiger partial charge in [-0.2, -0.15) is 0 Å². The van der Waals surface area contributed by atoms with Gasteiger partial charge in [-0.1, -0.05) is 0 Å². The van der Waals surface area contributed by atoms with Crippen molar-refractivity contribution in [3.63, 3.8) is 0 Å². The van der Waals surface area contributed by atoms with Crippen LogP contribution in [0.5, 0.6) is 5.75 Å². The van der Waals surface area contributed by atoms with Gasteiger partial charge in [0, 0.05) is 24.6 Å². The molecule has 1 aromatic carbocycles. The molecule has 7 nitrogen and oxygen atoms in total. The molecule has 8 heteroatoms. The van der Waals surface area contributed by atoms with E-state index in [1.807, 2.05) is 34.6 Å². The first-order valence-electron chi connectivity index (χ1n) is 7.61. The lowest BCUT2D eigenvalue weighted by atomic mass is 9.78. The smallest absolute Gasteiger partial charge is 0.494 e. The summed E-state index contributed by atoms with van der Waals surface area (Å²) in [6, 6.07) is 3.07. The minimum Gasteiger partial charge on any atom is -0.494 e. The summed E-state index contributed by atoms with van der Waals surface area (Å²) in [4.78, 5) is 10.9. The van der Waals surface area contributed by atoms with Gasteiger partial charge in [0.2, 0.25) is 0 Å². The van der Waals surface area contributed by atoms with Crippen molar-refractivity contribution in [1.82, 2.24) is 0 Å². The molecular formula is C15H23BN2O5. The number of hydrogen-bond donors (Lipinski definition) is 1. The summed E-state index contributed by atoms with van der Waals surface area (Å²) in [5, 5.41) is 14.1. The first kappa shape index (κ1) is 17.6. The predicted octanol–water partition coefficient (Wildman–Crippen LogP) is 2.33. The van der Waals surface area contributed by atoms with Crippen LogP contribution in [0.4, 0.5) is 11.4 Å². The average Bonchev–Trinajstić information content (AvgIpc) is 2.66. The van der Waals surface area contributed by atoms with Gasteiger partial charge in [-0.3, -0.25) is 10.1 Å². The Balaban J connectivity index is 2.52. The fourth-order valence-corrected chi connectivity index (χ4v) is 2.37. The highest BCUT2D eigenvalue weighted by atomic mass is 16.7. The number of ether oxygens (including phenoxy) is 1. The zero-order valence-corrected chi connectivity index (χ0v) is 14.4. The highest BCUT2D eigenvalue weighted by Gasteiger charge is 2.52. The molecule has 0 spiro atoms. The highest BCUT2D eigenvalue weighted by Crippen LogP contribution is 2.38. The summed E-state index contributed by atoms with van der Waals surface area (Å²) < 4.78 is 17.6. The first-order chi connectivity index (χ1) is 10.6. The van der Waals surface area contributed by atoms with E-state index in [1.54, 1.807) is 13.1 Å². The van der Waals surface area contributed by atoms with Crippen LogP contribution < -0.4 is 15.5 Å². The zero-order valence-electron chi connectivity index (χ0n) is 14.4. The Morgan fingerprint density at radius 2 is 1.83 bits per heavy atom. The maximum absolute atomic E-state index is 11.3. The second-order valence-electron chi connectivity index (χ2n) is 6.44. The summed E-state index contributed by atoms with van der Waals surface area (Å²) in [5.41, 5.74) is -0.189. The van der Waals surface area contributed by atoms with E-state index in [0.29, 0.717) is 23.5 Å². The molecule has 1 aliphatic rings. The molecule has 1 aromatic rings. The molecule has 0 radical (unpaired) electrons. The maximum atomic E-state index is 11.3. The lowest BCUT2D eigenvalue weighted by molar-refractivity contribution is -0.383. The number of nitrogens with one attached hydrogen (secondary N) is 1. The Labute approximate surface area is 136 Å². The molecule has 0 saturated carbocycles. The topological polar surface area (TPSA) is 82.9 Å². The van der Waals surface area contributed by atoms with E-state index < -0.39 is 23.2 Å². The van der Waals surface area contributed by atoms with Crippen LogP contribution >= 0.6 is 0 Å². The minimum absolute atomic E-state index is 0.0411. The number of benzene rings is 1. The van der Waals surface area contributed by atoms with Crippen LogP contribution in [0.1, 0.15) is 34.6 Å². The van der Waals surface area contributed by atoms with Gasteiger partial charge in [0.15, 0.2) is 0 Å². The minimum atomic E-state index is -0.717. The number of rotatable bonds is 5. The fraction of sp³-hybridized carbons (Fsp3) is 0.600. The van der Waals surface area contributed by atoms with Crippen LogP contribution in [-0.4, -0.2) is 36.9 Å². The molecule has 0 atom stereocenters. The lowest BCUT2D eigenvalue weighted by Gasteiger charge is -2.32. The van der Waals surface area contributed by atoms with Crippen molar-refractivity contribution in [3.05, 3.63) is 22.2 Å². The Hall–Kier alpha value is -1.80. The standard InChI is InChI=1S/C15H23BN2O5/c1-7-21-13-9-11(17-6)12(18(19)20)8-10(13)16-22-14(2,3)15(4,5)23-16/h8-9,17H,7H2,1-6H3. The molecule has 1 fully saturated rings. The number of nitro benzene ring substituents is 1. The van der Waals surface area contributed by atoms with E-state index in [4.69, 9.17) is 14.0 Å². The van der Waals surface area contributed by atoms with E-state index >= 15 is 0 Å². The van der Waals surface area contributed by atoms with Gasteiger partial charge in [-0.25, -0.2) is 0 Å². The van der Waals surface area contributed by atoms with E-state index in [0.717, 1.165) is 0 Å². The molecule has 1 heterocycles. The largest absolute Gasteiger partial charge is 0.498 e. The van der Waals surface area contributed by atoms with Crippen LogP contribution in [0.25, 0.3) is 0 Å². The molecule has 0 aromatic heterocycles. The summed E-state index contributed by atoms with van der Waals surface area (Å²) in [5.74, 6) is 0.515. The van der Waals surface area contributed by atoms with Gasteiger partial charge in [0.25, 0.3) is 5.69 Å². The molecule has 1 saturated heterocycles. The number of nitrogens with zero attached hydrogens (tertiary/aromatic N) is 1. The van der Waals surface area contributed by atoms with Crippen molar-refractivity contribution in [3.8, 4) is 5.75 Å². The zero-order chi connectivity index (χ0) is 17.4. The van der Waals surface area contributed by atoms with E-state index in [1.165, 1.54) is 6.07 Å². The van der Waals surface area contributed by atoms with Crippen LogP contribution in [-0.2, 0) is 9.31 Å². The van der Waals surface area contributed by atoms with Gasteiger partial charge in [-0.05, 0) is 34.6 Å². The van der Waals surface area contributed by atoms with Gasteiger partial charge in [-0.15, -0.1) is 0 Å². The van der Waals surface area contributed by atoms with Crippen LogP contribution in [0, 0.1) is 10.1 Å². The van der Waals surface area contributed by atoms with Crippen molar-refractivity contribution in [1.29, 1.82) is 0 Å². The molecule has 2 rings (SSSR count). The number of anilines is 1. The maximum Gasteiger partial charge on any atom is 0.498 e. The fourth-order valence-electron chi connectivity index (χ4n) is 2.37. The molecule has 0 unspecified atom stereocenters. The van der Waals surface area contributed by atoms with Crippen LogP contribution in [0.15, 0.2) is 12.1 Å². The Morgan fingerprint density at radius 1 is 1.26 bits per heavy atom. The Bertz CT molecular complexity index is 602. The number of nitro groups is 1. The van der Waals surface area contributed by atoms with E-state index in [2.05, 4.69) is 5.32 Å². The molecule has 0 bridgehead atoms. The third-order valence-electron chi connectivity index (χ3n) is 4.40. The summed E-state index contributed by atoms with van der Waals surface area (Å²) in [6.07, 6.45) is 0. The van der Waals surface area contributed by atoms with Gasteiger partial charge in [0.05, 0.1) is 22.7 Å². The third-order valence-corrected chi connectivity index (χ3v) is 4.40. The van der Waals surface area contributed by atoms with Crippen LogP contribution in [0.3, 0.4) is 0 Å². The van der Waals surface area contributed by atoms with Crippen molar-refractivity contribution < 1.29 is 19.0 Å². The Morgan fingerprint density at radius 3 is 2.26 bits per heavy atom. The van der Waals surface area contributed by atoms with Gasteiger partial charge < -0.3 is 19.4 Å². The summed E-state index contributed by atoms with van der Waals surface area (Å²) >= 11 is 0. The molecule has 126 valence electrons. The van der Waals surface area contributed by atoms with Crippen molar-refractivity contribution in [2.24, 2.45) is 0 Å². The normalized spacial score (nSPS) is 18.8. The van der Waals surface area contributed by atoms with Crippen molar-refractivity contribution in [2.75, 3.05) is 19.0 Å². The van der Waals surface area contributed by atoms with Crippen LogP contribution in [0.2, 0.25) is 0 Å². The third kappa shape index (κ3) is 3.14. The molecule has 1 N–H and O–H groups in total. The molecule has 1 aliphatic heterocycles. The van der Waals surface area contributed by atoms with Gasteiger partial charge >= 0.3 is 7.12 Å². The Kier molecular flexibility index (Phi) is 4.59. The van der Waals surface area contributed by atoms with E-state index in [9.17, 15) is 10.1 Å². The second-order valence-corrected chi connectivity index (χ2v) is 6.44. The molecule has 23 heavy (non-hydrogen) atoms. The van der Waals surface area contributed by atoms with Gasteiger partial charge in [0.1, 0.15) is 11.4 Å². The quantitative estimate of drug-likeness (QED) is 0.509. The average molecular weight is 322 g/mol. The first-order valence-corrected chi connectivity index (χ1v) is 7.61. The SMILES string of the molecule is CCOc1cc(NC)c([N+](=O)[O-])cc1B1OC(C)(C)C(C)(C)O1. The molecule has 0 amide bonds. The predicted molar refractivity (Wildman–Crippen MR) is 89.5 cm³/mol. The lowest BCUT2D eigenvalue weighted by Crippen LogP contribution is -2.41. The van der Waals surface area contributed by atoms with E-state index in [-0.39, 0.29) is 5.69 Å². The summed E-state index contributed by atoms with van der Waals surface area (Å²) in [7, 11) is 0.915. The highest BCUT2D eigenvalue weighted by molar-refractivity contribution is 6.63. The molecular weight excluding hydrogens is 299 g/mol. The molecule has 0 aliphatic carbocycles. The monoisotopic (exact) mass is 322 g/mol. The number of hydrogen-bond acceptors (Lipinski definition) is 6. The van der Waals surface area contributed by atoms with Crippen molar-refractivity contribution in [2.45, 2.75) is 45.8 Å².